The molecule has 4 rings (SSSR count). The number of aryl methyl sites for hydroxylation is 2. The van der Waals surface area contributed by atoms with Crippen molar-refractivity contribution in [3.05, 3.63) is 77.2 Å². The van der Waals surface area contributed by atoms with Crippen molar-refractivity contribution in [3.63, 3.8) is 0 Å². The van der Waals surface area contributed by atoms with Gasteiger partial charge in [-0.1, -0.05) is 12.1 Å². The molecule has 4 aromatic rings. The molecule has 0 radical (unpaired) electrons. The Labute approximate surface area is 219 Å². The Morgan fingerprint density at radius 2 is 1.63 bits per heavy atom. The lowest BCUT2D eigenvalue weighted by Gasteiger charge is -2.20. The Kier molecular flexibility index (Phi) is 7.56. The van der Waals surface area contributed by atoms with E-state index in [2.05, 4.69) is 37.2 Å². The average Bonchev–Trinajstić information content (AvgIpc) is 2.88. The number of halogens is 2. The number of anilines is 3. The van der Waals surface area contributed by atoms with Crippen LogP contribution in [0.2, 0.25) is 0 Å². The van der Waals surface area contributed by atoms with E-state index in [-0.39, 0.29) is 5.75 Å². The van der Waals surface area contributed by atoms with Gasteiger partial charge >= 0.3 is 12.0 Å². The second-order valence-electron chi connectivity index (χ2n) is 9.05. The number of carbonyl (C=O) groups is 1. The van der Waals surface area contributed by atoms with Crippen LogP contribution in [0.1, 0.15) is 22.3 Å². The minimum Gasteiger partial charge on any atom is -0.425 e. The summed E-state index contributed by atoms with van der Waals surface area (Å²) >= 11 is 0. The van der Waals surface area contributed by atoms with Crippen molar-refractivity contribution in [2.45, 2.75) is 33.0 Å². The van der Waals surface area contributed by atoms with E-state index in [9.17, 15) is 13.6 Å². The van der Waals surface area contributed by atoms with Gasteiger partial charge in [0.25, 0.3) is 0 Å². The van der Waals surface area contributed by atoms with Crippen molar-refractivity contribution in [2.24, 2.45) is 0 Å². The molecule has 0 bridgehead atoms. The number of carbonyl (C=O) groups excluding carboxylic acids is 1. The summed E-state index contributed by atoms with van der Waals surface area (Å²) < 4.78 is 32.4. The smallest absolute Gasteiger partial charge is 0.425 e. The van der Waals surface area contributed by atoms with Gasteiger partial charge in [0, 0.05) is 44.8 Å². The van der Waals surface area contributed by atoms with Crippen LogP contribution in [0.5, 0.6) is 5.75 Å². The Hall–Kier alpha value is -4.54. The van der Waals surface area contributed by atoms with Crippen LogP contribution in [0.25, 0.3) is 10.8 Å². The molecule has 0 aliphatic carbocycles. The number of fused-ring (bicyclic) bond motifs is 1. The Balaban J connectivity index is 1.38. The largest absolute Gasteiger partial charge is 0.482 e. The first-order valence-corrected chi connectivity index (χ1v) is 11.9. The molecular weight excluding hydrogens is 492 g/mol. The molecule has 0 fully saturated rings. The van der Waals surface area contributed by atoms with Gasteiger partial charge in [0.1, 0.15) is 29.5 Å². The lowest BCUT2D eigenvalue weighted by atomic mass is 9.96. The molecule has 0 unspecified atom stereocenters. The SMILES string of the molecule is Cc1cc2c(N)nccc2c(C)c1CNc1cc(NCc2ccc(OC(F)(F)C(=O)N(C)C)cc2)ncn1. The summed E-state index contributed by atoms with van der Waals surface area (Å²) in [5.74, 6) is 0.216. The number of aromatic nitrogens is 3. The van der Waals surface area contributed by atoms with Crippen LogP contribution >= 0.6 is 0 Å². The van der Waals surface area contributed by atoms with Crippen LogP contribution in [0, 0.1) is 13.8 Å². The quantitative estimate of drug-likeness (QED) is 0.295. The number of benzene rings is 2. The highest BCUT2D eigenvalue weighted by Gasteiger charge is 2.43. The zero-order valence-corrected chi connectivity index (χ0v) is 21.5. The molecule has 9 nitrogen and oxygen atoms in total. The molecule has 0 aliphatic rings. The van der Waals surface area contributed by atoms with E-state index >= 15 is 0 Å². The zero-order chi connectivity index (χ0) is 27.4. The normalized spacial score (nSPS) is 11.3. The van der Waals surface area contributed by atoms with Crippen LogP contribution in [0.4, 0.5) is 26.2 Å². The van der Waals surface area contributed by atoms with Gasteiger partial charge in [0.15, 0.2) is 0 Å². The first-order chi connectivity index (χ1) is 18.0. The summed E-state index contributed by atoms with van der Waals surface area (Å²) in [6.45, 7) is 5.06. The molecule has 11 heteroatoms. The van der Waals surface area contributed by atoms with Crippen molar-refractivity contribution in [1.29, 1.82) is 0 Å². The molecule has 0 aliphatic heterocycles. The van der Waals surface area contributed by atoms with Crippen LogP contribution in [0.15, 0.2) is 55.0 Å². The number of pyridine rings is 1. The fourth-order valence-corrected chi connectivity index (χ4v) is 4.05. The van der Waals surface area contributed by atoms with E-state index in [1.807, 2.05) is 19.1 Å². The number of likely N-dealkylation sites (N-methyl/N-ethyl adjacent to an activating group) is 1. The average molecular weight is 522 g/mol. The minimum atomic E-state index is -3.94. The zero-order valence-electron chi connectivity index (χ0n) is 21.5. The van der Waals surface area contributed by atoms with Gasteiger partial charge in [0.2, 0.25) is 0 Å². The van der Waals surface area contributed by atoms with Gasteiger partial charge in [-0.2, -0.15) is 8.78 Å². The van der Waals surface area contributed by atoms with Crippen molar-refractivity contribution in [3.8, 4) is 5.75 Å². The van der Waals surface area contributed by atoms with Crippen molar-refractivity contribution >= 4 is 34.1 Å². The van der Waals surface area contributed by atoms with Gasteiger partial charge in [-0.05, 0) is 65.8 Å². The number of nitrogens with one attached hydrogen (secondary N) is 2. The summed E-state index contributed by atoms with van der Waals surface area (Å²) in [6.07, 6.45) is -0.776. The summed E-state index contributed by atoms with van der Waals surface area (Å²) in [4.78, 5) is 25.1. The van der Waals surface area contributed by atoms with E-state index in [0.29, 0.717) is 30.5 Å². The second-order valence-corrected chi connectivity index (χ2v) is 9.05. The molecule has 4 N–H and O–H groups in total. The highest BCUT2D eigenvalue weighted by molar-refractivity contribution is 5.94. The van der Waals surface area contributed by atoms with E-state index in [1.165, 1.54) is 32.6 Å². The number of hydrogen-bond donors (Lipinski definition) is 3. The van der Waals surface area contributed by atoms with E-state index in [4.69, 9.17) is 5.73 Å². The minimum absolute atomic E-state index is 0.110. The topological polar surface area (TPSA) is 118 Å². The lowest BCUT2D eigenvalue weighted by Crippen LogP contribution is -2.43. The van der Waals surface area contributed by atoms with Gasteiger partial charge in [0.05, 0.1) is 0 Å². The molecule has 0 atom stereocenters. The number of alkyl halides is 2. The molecular formula is C27H29F2N7O2. The summed E-state index contributed by atoms with van der Waals surface area (Å²) in [7, 11) is 2.48. The van der Waals surface area contributed by atoms with Gasteiger partial charge in [-0.3, -0.25) is 4.79 Å². The maximum absolute atomic E-state index is 13.9. The summed E-state index contributed by atoms with van der Waals surface area (Å²) in [6, 6.07) is 11.8. The van der Waals surface area contributed by atoms with Crippen LogP contribution in [-0.2, 0) is 17.9 Å². The van der Waals surface area contributed by atoms with Crippen LogP contribution in [-0.4, -0.2) is 46.0 Å². The number of nitrogens with zero attached hydrogens (tertiary/aromatic N) is 4. The fraction of sp³-hybridized carbons (Fsp3) is 0.259. The van der Waals surface area contributed by atoms with Gasteiger partial charge < -0.3 is 26.0 Å². The molecule has 2 heterocycles. The van der Waals surface area contributed by atoms with E-state index in [0.717, 1.165) is 37.9 Å². The molecule has 0 saturated heterocycles. The predicted molar refractivity (Wildman–Crippen MR) is 143 cm³/mol. The predicted octanol–water partition coefficient (Wildman–Crippen LogP) is 4.51. The van der Waals surface area contributed by atoms with Crippen LogP contribution in [0.3, 0.4) is 0 Å². The fourth-order valence-electron chi connectivity index (χ4n) is 4.05. The highest BCUT2D eigenvalue weighted by Crippen LogP contribution is 2.28. The maximum Gasteiger partial charge on any atom is 0.482 e. The van der Waals surface area contributed by atoms with Gasteiger partial charge in [-0.15, -0.1) is 0 Å². The van der Waals surface area contributed by atoms with Gasteiger partial charge in [-0.25, -0.2) is 15.0 Å². The number of nitrogens with two attached hydrogens (primary N) is 1. The van der Waals surface area contributed by atoms with Crippen molar-refractivity contribution in [2.75, 3.05) is 30.5 Å². The monoisotopic (exact) mass is 521 g/mol. The summed E-state index contributed by atoms with van der Waals surface area (Å²) in [5.41, 5.74) is 10.2. The number of amides is 1. The third-order valence-electron chi connectivity index (χ3n) is 6.13. The molecule has 0 spiro atoms. The van der Waals surface area contributed by atoms with Crippen LogP contribution < -0.4 is 21.1 Å². The molecule has 2 aromatic carbocycles. The number of nitrogen functional groups attached to an aromatic ring is 1. The Bertz CT molecular complexity index is 1460. The highest BCUT2D eigenvalue weighted by atomic mass is 19.3. The molecule has 38 heavy (non-hydrogen) atoms. The second kappa shape index (κ2) is 10.8. The lowest BCUT2D eigenvalue weighted by molar-refractivity contribution is -0.201. The maximum atomic E-state index is 13.9. The molecule has 198 valence electrons. The number of hydrogen-bond acceptors (Lipinski definition) is 8. The number of ether oxygens (including phenoxy) is 1. The summed E-state index contributed by atoms with van der Waals surface area (Å²) in [5, 5.41) is 8.55. The van der Waals surface area contributed by atoms with Crippen molar-refractivity contribution in [1.82, 2.24) is 19.9 Å². The van der Waals surface area contributed by atoms with E-state index < -0.39 is 12.0 Å². The molecule has 1 amide bonds. The first kappa shape index (κ1) is 26.5. The third kappa shape index (κ3) is 5.88. The molecule has 0 saturated carbocycles. The number of rotatable bonds is 9. The van der Waals surface area contributed by atoms with E-state index in [1.54, 1.807) is 24.4 Å². The standard InChI is InChI=1S/C27H29F2N7O2/c1-16-11-21-20(9-10-31-25(21)30)17(2)22(16)14-33-24-12-23(34-15-35-24)32-13-18-5-7-19(8-6-18)38-27(28,29)26(37)36(3)4/h5-12,15H,13-14H2,1-4H3,(H2,30,31)(H2,32,33,34,35). The first-order valence-electron chi connectivity index (χ1n) is 11.9. The molecule has 2 aromatic heterocycles. The Morgan fingerprint density at radius 1 is 0.974 bits per heavy atom. The third-order valence-corrected chi connectivity index (χ3v) is 6.13. The van der Waals surface area contributed by atoms with Crippen molar-refractivity contribution < 1.29 is 18.3 Å². The Morgan fingerprint density at radius 3 is 2.29 bits per heavy atom.